The maximum absolute atomic E-state index is 8.85. The minimum absolute atomic E-state index is 1.19. The summed E-state index contributed by atoms with van der Waals surface area (Å²) in [6.07, 6.45) is 0. The van der Waals surface area contributed by atoms with Crippen molar-refractivity contribution in [1.82, 2.24) is 4.90 Å². The summed E-state index contributed by atoms with van der Waals surface area (Å²) >= 11 is -5.52. The monoisotopic (exact) mass is 265 g/mol. The topological polar surface area (TPSA) is 77.8 Å². The van der Waals surface area contributed by atoms with Crippen LogP contribution in [0.4, 0.5) is 0 Å². The number of hydrogen-bond acceptors (Lipinski definition) is 3. The molecule has 0 unspecified atom stereocenters. The molecule has 0 fully saturated rings. The Kier molecular flexibility index (Phi) is 9.54. The first-order chi connectivity index (χ1) is 5.35. The second-order valence-corrected chi connectivity index (χ2v) is 4.27. The Morgan fingerprint density at radius 2 is 1.17 bits per heavy atom. The summed E-state index contributed by atoms with van der Waals surface area (Å²) in [4.78, 5) is 2.38. The molecule has 0 spiro atoms. The van der Waals surface area contributed by atoms with Gasteiger partial charge in [-0.25, -0.2) is 0 Å². The Hall–Kier alpha value is 0.168. The van der Waals surface area contributed by atoms with E-state index in [4.69, 9.17) is 14.3 Å². The molecule has 0 bridgehead atoms. The second-order valence-electron chi connectivity index (χ2n) is 2.07. The van der Waals surface area contributed by atoms with Crippen LogP contribution < -0.4 is 0 Å². The molecule has 0 aromatic carbocycles. The SMILES string of the molecule is CCN(CC)CC.[O]=[Mo](=[O])([OH])[OH]. The normalized spacial score (nSPS) is 10.8. The van der Waals surface area contributed by atoms with E-state index >= 15 is 0 Å². The summed E-state index contributed by atoms with van der Waals surface area (Å²) in [6.45, 7) is 10.1. The van der Waals surface area contributed by atoms with E-state index in [0.29, 0.717) is 0 Å². The zero-order valence-electron chi connectivity index (χ0n) is 7.69. The fourth-order valence-electron chi connectivity index (χ4n) is 0.671. The molecular weight excluding hydrogens is 246 g/mol. The summed E-state index contributed by atoms with van der Waals surface area (Å²) in [5, 5.41) is 0. The fraction of sp³-hybridized carbons (Fsp3) is 1.00. The van der Waals surface area contributed by atoms with E-state index in [9.17, 15) is 0 Å². The van der Waals surface area contributed by atoms with Crippen molar-refractivity contribution in [2.45, 2.75) is 20.8 Å². The molecule has 0 heterocycles. The van der Waals surface area contributed by atoms with E-state index in [-0.39, 0.29) is 0 Å². The van der Waals surface area contributed by atoms with Gasteiger partial charge in [-0.3, -0.25) is 0 Å². The molecule has 0 aliphatic rings. The van der Waals surface area contributed by atoms with Crippen molar-refractivity contribution in [3.8, 4) is 0 Å². The Morgan fingerprint density at radius 3 is 1.17 bits per heavy atom. The van der Waals surface area contributed by atoms with E-state index < -0.39 is 16.7 Å². The first kappa shape index (κ1) is 14.7. The molecule has 0 rings (SSSR count). The average molecular weight is 263 g/mol. The van der Waals surface area contributed by atoms with Gasteiger partial charge in [0.1, 0.15) is 0 Å². The van der Waals surface area contributed by atoms with Gasteiger partial charge in [0.15, 0.2) is 0 Å². The molecule has 0 aliphatic heterocycles. The van der Waals surface area contributed by atoms with Gasteiger partial charge in [-0.2, -0.15) is 0 Å². The summed E-state index contributed by atoms with van der Waals surface area (Å²) in [6, 6.07) is 0. The van der Waals surface area contributed by atoms with Gasteiger partial charge in [-0.15, -0.1) is 0 Å². The second kappa shape index (κ2) is 7.80. The molecule has 6 heteroatoms. The van der Waals surface area contributed by atoms with Crippen LogP contribution in [0.5, 0.6) is 0 Å². The van der Waals surface area contributed by atoms with E-state index in [1.807, 2.05) is 0 Å². The molecule has 0 aromatic heterocycles. The Bertz CT molecular complexity index is 160. The van der Waals surface area contributed by atoms with Crippen LogP contribution in [0.2, 0.25) is 0 Å². The molecule has 5 nitrogen and oxygen atoms in total. The fourth-order valence-corrected chi connectivity index (χ4v) is 0.671. The van der Waals surface area contributed by atoms with Crippen LogP contribution in [0, 0.1) is 0 Å². The standard InChI is InChI=1S/C6H15N.Mo.2H2O.2O/c1-4-7(5-2)6-3;;;;;/h4-6H2,1-3H3;;2*1H2;;/q;+2;;;;/p-2. The van der Waals surface area contributed by atoms with Crippen molar-refractivity contribution in [2.75, 3.05) is 19.6 Å². The molecule has 0 atom stereocenters. The first-order valence-electron chi connectivity index (χ1n) is 3.77. The predicted molar refractivity (Wildman–Crippen MR) is 39.3 cm³/mol. The van der Waals surface area contributed by atoms with E-state index in [1.54, 1.807) is 0 Å². The maximum atomic E-state index is 8.85. The van der Waals surface area contributed by atoms with Gasteiger partial charge in [0.2, 0.25) is 0 Å². The van der Waals surface area contributed by atoms with Crippen LogP contribution in [-0.2, 0) is 23.5 Å². The third-order valence-corrected chi connectivity index (χ3v) is 1.34. The Labute approximate surface area is 76.7 Å². The van der Waals surface area contributed by atoms with E-state index in [1.165, 1.54) is 19.6 Å². The summed E-state index contributed by atoms with van der Waals surface area (Å²) in [7, 11) is 0. The van der Waals surface area contributed by atoms with Gasteiger partial charge in [0, 0.05) is 0 Å². The van der Waals surface area contributed by atoms with Crippen LogP contribution in [0.25, 0.3) is 0 Å². The van der Waals surface area contributed by atoms with Crippen LogP contribution in [0.3, 0.4) is 0 Å². The number of hydrogen-bond donors (Lipinski definition) is 2. The molecule has 0 aromatic rings. The van der Waals surface area contributed by atoms with Crippen LogP contribution in [0.15, 0.2) is 0 Å². The molecule has 0 saturated heterocycles. The van der Waals surface area contributed by atoms with Gasteiger partial charge in [-0.1, -0.05) is 20.8 Å². The molecule has 0 saturated carbocycles. The molecule has 0 radical (unpaired) electrons. The van der Waals surface area contributed by atoms with Crippen molar-refractivity contribution in [2.24, 2.45) is 0 Å². The predicted octanol–water partition coefficient (Wildman–Crippen LogP) is -0.00600. The third-order valence-electron chi connectivity index (χ3n) is 1.34. The van der Waals surface area contributed by atoms with Gasteiger partial charge in [0.25, 0.3) is 0 Å². The van der Waals surface area contributed by atoms with Gasteiger partial charge in [-0.05, 0) is 19.6 Å². The Balaban J connectivity index is 0. The molecule has 76 valence electrons. The first-order valence-corrected chi connectivity index (χ1v) is 7.20. The Morgan fingerprint density at radius 1 is 1.00 bits per heavy atom. The zero-order chi connectivity index (χ0) is 10.2. The molecular formula is C6H17MoNO4. The third kappa shape index (κ3) is 22.5. The van der Waals surface area contributed by atoms with Crippen LogP contribution in [0.1, 0.15) is 20.8 Å². The summed E-state index contributed by atoms with van der Waals surface area (Å²) < 4.78 is 32.0. The van der Waals surface area contributed by atoms with Gasteiger partial charge < -0.3 is 4.90 Å². The minimum atomic E-state index is -5.52. The van der Waals surface area contributed by atoms with E-state index in [0.717, 1.165) is 0 Å². The molecule has 0 amide bonds. The zero-order valence-corrected chi connectivity index (χ0v) is 9.69. The summed E-state index contributed by atoms with van der Waals surface area (Å²) in [5.74, 6) is 0. The van der Waals surface area contributed by atoms with Gasteiger partial charge in [0.05, 0.1) is 0 Å². The van der Waals surface area contributed by atoms with Gasteiger partial charge >= 0.3 is 31.1 Å². The average Bonchev–Trinajstić information content (AvgIpc) is 1.88. The molecule has 2 N–H and O–H groups in total. The van der Waals surface area contributed by atoms with Crippen molar-refractivity contribution in [3.63, 3.8) is 0 Å². The van der Waals surface area contributed by atoms with Crippen molar-refractivity contribution in [1.29, 1.82) is 0 Å². The summed E-state index contributed by atoms with van der Waals surface area (Å²) in [5.41, 5.74) is 0. The van der Waals surface area contributed by atoms with Crippen LogP contribution in [-0.4, -0.2) is 32.1 Å². The van der Waals surface area contributed by atoms with Crippen molar-refractivity contribution < 1.29 is 31.1 Å². The number of nitrogens with zero attached hydrogens (tertiary/aromatic N) is 1. The van der Waals surface area contributed by atoms with Crippen molar-refractivity contribution >= 4 is 0 Å². The van der Waals surface area contributed by atoms with Crippen molar-refractivity contribution in [3.05, 3.63) is 0 Å². The van der Waals surface area contributed by atoms with E-state index in [2.05, 4.69) is 25.7 Å². The molecule has 12 heavy (non-hydrogen) atoms. The van der Waals surface area contributed by atoms with Crippen LogP contribution >= 0.6 is 0 Å². The number of rotatable bonds is 3. The quantitative estimate of drug-likeness (QED) is 0.700. The molecule has 0 aliphatic carbocycles.